The third kappa shape index (κ3) is 5.24. The van der Waals surface area contributed by atoms with Crippen LogP contribution in [0, 0.1) is 0 Å². The number of unbranched alkanes of at least 4 members (excludes halogenated alkanes) is 1. The Morgan fingerprint density at radius 2 is 1.71 bits per heavy atom. The monoisotopic (exact) mass is 400 g/mol. The number of rotatable bonds is 9. The summed E-state index contributed by atoms with van der Waals surface area (Å²) in [5.41, 5.74) is 1.08. The van der Waals surface area contributed by atoms with Gasteiger partial charge < -0.3 is 13.7 Å². The number of ether oxygens (including phenoxy) is 2. The van der Waals surface area contributed by atoms with Gasteiger partial charge in [0.2, 0.25) is 0 Å². The molecular formula is C22H24O5S. The van der Waals surface area contributed by atoms with E-state index < -0.39 is 10.1 Å². The van der Waals surface area contributed by atoms with Crippen molar-refractivity contribution >= 4 is 20.9 Å². The zero-order chi connectivity index (χ0) is 20.0. The number of methoxy groups -OCH3 is 1. The lowest BCUT2D eigenvalue weighted by Gasteiger charge is -2.12. The van der Waals surface area contributed by atoms with E-state index in [0.717, 1.165) is 22.8 Å². The molecule has 5 nitrogen and oxygen atoms in total. The third-order valence-electron chi connectivity index (χ3n) is 4.22. The Morgan fingerprint density at radius 1 is 0.929 bits per heavy atom. The number of hydrogen-bond acceptors (Lipinski definition) is 5. The lowest BCUT2D eigenvalue weighted by Crippen LogP contribution is -2.13. The third-order valence-corrected chi connectivity index (χ3v) is 5.46. The molecule has 3 aromatic carbocycles. The molecular weight excluding hydrogens is 376 g/mol. The molecule has 0 spiro atoms. The van der Waals surface area contributed by atoms with Gasteiger partial charge in [-0.25, -0.2) is 0 Å². The quantitative estimate of drug-likeness (QED) is 0.457. The standard InChI is InChI=1S/C22H24O5S/c1-3-4-13-28(23,24)27-20-9-6-8-19(15-20)26-22-10-5-7-18-14-17(16-25-2)11-12-21(18)22/h5-12,14-15H,3-4,13,16H2,1-2H3. The molecule has 0 saturated carbocycles. The Hall–Kier alpha value is -2.57. The summed E-state index contributed by atoms with van der Waals surface area (Å²) in [4.78, 5) is 0. The molecule has 0 saturated heterocycles. The van der Waals surface area contributed by atoms with E-state index in [9.17, 15) is 8.42 Å². The van der Waals surface area contributed by atoms with Crippen LogP contribution in [-0.4, -0.2) is 21.3 Å². The predicted octanol–water partition coefficient (Wildman–Crippen LogP) is 5.29. The van der Waals surface area contributed by atoms with Crippen LogP contribution in [0.1, 0.15) is 25.3 Å². The molecule has 0 bridgehead atoms. The second-order valence-electron chi connectivity index (χ2n) is 6.52. The van der Waals surface area contributed by atoms with Crippen LogP contribution in [0.2, 0.25) is 0 Å². The first-order chi connectivity index (χ1) is 13.5. The van der Waals surface area contributed by atoms with Crippen molar-refractivity contribution in [3.05, 3.63) is 66.2 Å². The Balaban J connectivity index is 1.82. The molecule has 0 radical (unpaired) electrons. The van der Waals surface area contributed by atoms with E-state index >= 15 is 0 Å². The van der Waals surface area contributed by atoms with Crippen molar-refractivity contribution in [3.63, 3.8) is 0 Å². The highest BCUT2D eigenvalue weighted by molar-refractivity contribution is 7.87. The van der Waals surface area contributed by atoms with E-state index in [4.69, 9.17) is 13.7 Å². The second kappa shape index (κ2) is 9.08. The summed E-state index contributed by atoms with van der Waals surface area (Å²) in [6.45, 7) is 2.49. The minimum absolute atomic E-state index is 0.00170. The summed E-state index contributed by atoms with van der Waals surface area (Å²) in [6, 6.07) is 18.5. The van der Waals surface area contributed by atoms with Gasteiger partial charge in [0.1, 0.15) is 17.2 Å². The molecule has 0 fully saturated rings. The molecule has 0 aliphatic carbocycles. The topological polar surface area (TPSA) is 61.8 Å². The number of benzene rings is 3. The van der Waals surface area contributed by atoms with Crippen molar-refractivity contribution in [2.75, 3.05) is 12.9 Å². The molecule has 3 rings (SSSR count). The van der Waals surface area contributed by atoms with Crippen molar-refractivity contribution in [3.8, 4) is 17.2 Å². The Bertz CT molecular complexity index is 1040. The maximum Gasteiger partial charge on any atom is 0.309 e. The van der Waals surface area contributed by atoms with Crippen LogP contribution >= 0.6 is 0 Å². The van der Waals surface area contributed by atoms with Crippen LogP contribution in [0.5, 0.6) is 17.2 Å². The largest absolute Gasteiger partial charge is 0.457 e. The van der Waals surface area contributed by atoms with Crippen LogP contribution in [-0.2, 0) is 21.5 Å². The van der Waals surface area contributed by atoms with Gasteiger partial charge in [0.15, 0.2) is 0 Å². The van der Waals surface area contributed by atoms with Gasteiger partial charge in [0, 0.05) is 18.6 Å². The highest BCUT2D eigenvalue weighted by Gasteiger charge is 2.13. The molecule has 6 heteroatoms. The van der Waals surface area contributed by atoms with E-state index in [-0.39, 0.29) is 11.5 Å². The smallest absolute Gasteiger partial charge is 0.309 e. The van der Waals surface area contributed by atoms with E-state index in [0.29, 0.717) is 24.5 Å². The van der Waals surface area contributed by atoms with Gasteiger partial charge in [-0.1, -0.05) is 43.7 Å². The summed E-state index contributed by atoms with van der Waals surface area (Å²) < 4.78 is 40.4. The molecule has 0 aliphatic heterocycles. The molecule has 0 amide bonds. The zero-order valence-corrected chi connectivity index (χ0v) is 16.9. The summed E-state index contributed by atoms with van der Waals surface area (Å²) in [5, 5.41) is 2.01. The first-order valence-electron chi connectivity index (χ1n) is 9.21. The van der Waals surface area contributed by atoms with Crippen LogP contribution in [0.15, 0.2) is 60.7 Å². The second-order valence-corrected chi connectivity index (χ2v) is 8.21. The van der Waals surface area contributed by atoms with E-state index in [1.807, 2.05) is 37.3 Å². The molecule has 0 aromatic heterocycles. The SMILES string of the molecule is CCCCS(=O)(=O)Oc1cccc(Oc2cccc3cc(COC)ccc23)c1. The Labute approximate surface area is 166 Å². The van der Waals surface area contributed by atoms with Gasteiger partial charge in [-0.05, 0) is 41.6 Å². The fourth-order valence-electron chi connectivity index (χ4n) is 2.87. The molecule has 0 N–H and O–H groups in total. The first-order valence-corrected chi connectivity index (χ1v) is 10.8. The average molecular weight is 400 g/mol. The molecule has 28 heavy (non-hydrogen) atoms. The predicted molar refractivity (Wildman–Crippen MR) is 110 cm³/mol. The maximum absolute atomic E-state index is 12.0. The molecule has 3 aromatic rings. The van der Waals surface area contributed by atoms with E-state index in [1.54, 1.807) is 31.4 Å². The van der Waals surface area contributed by atoms with Crippen molar-refractivity contribution in [2.45, 2.75) is 26.4 Å². The minimum Gasteiger partial charge on any atom is -0.457 e. The molecule has 0 unspecified atom stereocenters. The summed E-state index contributed by atoms with van der Waals surface area (Å²) >= 11 is 0. The molecule has 0 heterocycles. The van der Waals surface area contributed by atoms with Gasteiger partial charge in [0.05, 0.1) is 12.4 Å². The molecule has 0 atom stereocenters. The van der Waals surface area contributed by atoms with Crippen LogP contribution in [0.25, 0.3) is 10.8 Å². The van der Waals surface area contributed by atoms with E-state index in [2.05, 4.69) is 6.07 Å². The van der Waals surface area contributed by atoms with Gasteiger partial charge in [-0.3, -0.25) is 0 Å². The lowest BCUT2D eigenvalue weighted by molar-refractivity contribution is 0.185. The van der Waals surface area contributed by atoms with Crippen LogP contribution in [0.3, 0.4) is 0 Å². The zero-order valence-electron chi connectivity index (χ0n) is 16.1. The minimum atomic E-state index is -3.60. The Kier molecular flexibility index (Phi) is 6.54. The fourth-order valence-corrected chi connectivity index (χ4v) is 4.00. The summed E-state index contributed by atoms with van der Waals surface area (Å²) in [6.07, 6.45) is 1.36. The number of fused-ring (bicyclic) bond motifs is 1. The summed E-state index contributed by atoms with van der Waals surface area (Å²) in [5.74, 6) is 1.45. The molecule has 0 aliphatic rings. The van der Waals surface area contributed by atoms with Crippen LogP contribution < -0.4 is 8.92 Å². The van der Waals surface area contributed by atoms with E-state index in [1.165, 1.54) is 0 Å². The van der Waals surface area contributed by atoms with Crippen LogP contribution in [0.4, 0.5) is 0 Å². The van der Waals surface area contributed by atoms with Gasteiger partial charge in [0.25, 0.3) is 0 Å². The summed E-state index contributed by atoms with van der Waals surface area (Å²) in [7, 11) is -1.93. The highest BCUT2D eigenvalue weighted by Crippen LogP contribution is 2.32. The van der Waals surface area contributed by atoms with Crippen molar-refractivity contribution in [1.29, 1.82) is 0 Å². The van der Waals surface area contributed by atoms with Crippen molar-refractivity contribution < 1.29 is 22.1 Å². The lowest BCUT2D eigenvalue weighted by atomic mass is 10.1. The average Bonchev–Trinajstić information content (AvgIpc) is 2.67. The van der Waals surface area contributed by atoms with Gasteiger partial charge in [-0.15, -0.1) is 0 Å². The molecule has 148 valence electrons. The maximum atomic E-state index is 12.0. The number of hydrogen-bond donors (Lipinski definition) is 0. The Morgan fingerprint density at radius 3 is 2.50 bits per heavy atom. The normalized spacial score (nSPS) is 11.5. The fraction of sp³-hybridized carbons (Fsp3) is 0.273. The van der Waals surface area contributed by atoms with Gasteiger partial charge in [-0.2, -0.15) is 8.42 Å². The highest BCUT2D eigenvalue weighted by atomic mass is 32.2. The van der Waals surface area contributed by atoms with Crippen molar-refractivity contribution in [2.24, 2.45) is 0 Å². The first kappa shape index (κ1) is 20.2. The van der Waals surface area contributed by atoms with Crippen molar-refractivity contribution in [1.82, 2.24) is 0 Å². The van der Waals surface area contributed by atoms with Gasteiger partial charge >= 0.3 is 10.1 Å².